The Morgan fingerprint density at radius 3 is 1.67 bits per heavy atom. The van der Waals surface area contributed by atoms with Crippen LogP contribution < -0.4 is 0 Å². The van der Waals surface area contributed by atoms with Gasteiger partial charge in [-0.25, -0.2) is 0 Å². The second-order valence-electron chi connectivity index (χ2n) is 12.3. The van der Waals surface area contributed by atoms with Gasteiger partial charge in [0, 0.05) is 43.4 Å². The van der Waals surface area contributed by atoms with E-state index < -0.39 is 0 Å². The van der Waals surface area contributed by atoms with E-state index in [1.54, 1.807) is 0 Å². The number of nitriles is 2. The summed E-state index contributed by atoms with van der Waals surface area (Å²) >= 11 is 0. The average molecular weight is 625 g/mol. The SMILES string of the molecule is N#Cc1ccc(-n2c3ccccc3c3ccc4c5ccccc5oc4c32)c(-c2ccc(C#N)cc2-n2c3ccccc3c3ccccc32)c1. The lowest BCUT2D eigenvalue weighted by Gasteiger charge is -2.19. The van der Waals surface area contributed by atoms with Crippen molar-refractivity contribution in [3.63, 3.8) is 0 Å². The number of rotatable bonds is 3. The highest BCUT2D eigenvalue weighted by molar-refractivity contribution is 6.21. The van der Waals surface area contributed by atoms with Crippen LogP contribution in [-0.4, -0.2) is 9.13 Å². The zero-order valence-corrected chi connectivity index (χ0v) is 26.1. The zero-order chi connectivity index (χ0) is 32.6. The van der Waals surface area contributed by atoms with Crippen molar-refractivity contribution in [3.8, 4) is 34.6 Å². The van der Waals surface area contributed by atoms with Crippen LogP contribution in [0.4, 0.5) is 0 Å². The van der Waals surface area contributed by atoms with Crippen LogP contribution in [0.1, 0.15) is 11.1 Å². The van der Waals surface area contributed by atoms with Gasteiger partial charge in [0.2, 0.25) is 0 Å². The third-order valence-electron chi connectivity index (χ3n) is 9.78. The maximum atomic E-state index is 10.2. The van der Waals surface area contributed by atoms with Crippen LogP contribution in [0.5, 0.6) is 0 Å². The van der Waals surface area contributed by atoms with E-state index in [2.05, 4.69) is 100 Å². The van der Waals surface area contributed by atoms with E-state index in [1.165, 1.54) is 0 Å². The lowest BCUT2D eigenvalue weighted by atomic mass is 9.97. The van der Waals surface area contributed by atoms with Crippen molar-refractivity contribution < 1.29 is 4.42 Å². The number of aromatic nitrogens is 2. The minimum atomic E-state index is 0.547. The van der Waals surface area contributed by atoms with Gasteiger partial charge in [-0.15, -0.1) is 0 Å². The summed E-state index contributed by atoms with van der Waals surface area (Å²) in [4.78, 5) is 0. The molecule has 0 aliphatic carbocycles. The second kappa shape index (κ2) is 10.2. The van der Waals surface area contributed by atoms with E-state index in [-0.39, 0.29) is 0 Å². The van der Waals surface area contributed by atoms with Gasteiger partial charge in [0.15, 0.2) is 5.58 Å². The molecule has 0 radical (unpaired) electrons. The number of furan rings is 1. The summed E-state index contributed by atoms with van der Waals surface area (Å²) in [5.74, 6) is 0. The molecule has 0 fully saturated rings. The average Bonchev–Trinajstić information content (AvgIpc) is 3.82. The predicted octanol–water partition coefficient (Wildman–Crippen LogP) is 11.2. The molecule has 10 rings (SSSR count). The quantitative estimate of drug-likeness (QED) is 0.196. The molecule has 0 aliphatic heterocycles. The first-order chi connectivity index (χ1) is 24.2. The summed E-state index contributed by atoms with van der Waals surface area (Å²) in [5.41, 5.74) is 10.4. The van der Waals surface area contributed by atoms with Gasteiger partial charge in [-0.1, -0.05) is 84.9 Å². The Hall–Kier alpha value is -7.08. The summed E-state index contributed by atoms with van der Waals surface area (Å²) in [5, 5.41) is 26.9. The molecule has 7 aromatic carbocycles. The first kappa shape index (κ1) is 27.1. The molecule has 0 saturated heterocycles. The molecule has 3 aromatic heterocycles. The largest absolute Gasteiger partial charge is 0.454 e. The van der Waals surface area contributed by atoms with Crippen LogP contribution in [0.25, 0.3) is 88.1 Å². The van der Waals surface area contributed by atoms with Gasteiger partial charge in [0.25, 0.3) is 0 Å². The maximum Gasteiger partial charge on any atom is 0.160 e. The van der Waals surface area contributed by atoms with Crippen LogP contribution >= 0.6 is 0 Å². The summed E-state index contributed by atoms with van der Waals surface area (Å²) in [6, 6.07) is 54.1. The lowest BCUT2D eigenvalue weighted by Crippen LogP contribution is -2.02. The lowest BCUT2D eigenvalue weighted by molar-refractivity contribution is 0.671. The Morgan fingerprint density at radius 2 is 0.980 bits per heavy atom. The minimum absolute atomic E-state index is 0.547. The van der Waals surface area contributed by atoms with E-state index in [4.69, 9.17) is 4.42 Å². The highest BCUT2D eigenvalue weighted by Crippen LogP contribution is 2.44. The molecule has 5 heteroatoms. The van der Waals surface area contributed by atoms with Gasteiger partial charge in [-0.3, -0.25) is 0 Å². The van der Waals surface area contributed by atoms with Crippen molar-refractivity contribution in [2.24, 2.45) is 0 Å². The predicted molar refractivity (Wildman–Crippen MR) is 197 cm³/mol. The molecule has 0 aliphatic rings. The molecule has 3 heterocycles. The second-order valence-corrected chi connectivity index (χ2v) is 12.3. The Bertz CT molecular complexity index is 3030. The third-order valence-corrected chi connectivity index (χ3v) is 9.78. The van der Waals surface area contributed by atoms with E-state index in [0.717, 1.165) is 88.1 Å². The number of benzene rings is 7. The molecule has 49 heavy (non-hydrogen) atoms. The molecular weight excluding hydrogens is 601 g/mol. The number of hydrogen-bond donors (Lipinski definition) is 0. The fourth-order valence-electron chi connectivity index (χ4n) is 7.69. The van der Waals surface area contributed by atoms with Crippen molar-refractivity contribution >= 4 is 65.6 Å². The van der Waals surface area contributed by atoms with Gasteiger partial charge < -0.3 is 13.6 Å². The summed E-state index contributed by atoms with van der Waals surface area (Å²) < 4.78 is 11.2. The number of para-hydroxylation sites is 4. The summed E-state index contributed by atoms with van der Waals surface area (Å²) in [7, 11) is 0. The molecule has 0 atom stereocenters. The van der Waals surface area contributed by atoms with Gasteiger partial charge in [0.05, 0.1) is 56.7 Å². The third kappa shape index (κ3) is 3.79. The smallest absolute Gasteiger partial charge is 0.160 e. The zero-order valence-electron chi connectivity index (χ0n) is 26.1. The van der Waals surface area contributed by atoms with Crippen molar-refractivity contribution in [1.82, 2.24) is 9.13 Å². The Labute approximate surface area is 280 Å². The standard InChI is InChI=1S/C44H24N4O/c45-25-27-18-22-40(48-39-15-7-3-11-31(39)34-20-21-35-33-12-4-8-16-42(33)49-44(35)43(34)48)36(23-27)32-19-17-28(26-46)24-41(32)47-37-13-5-1-9-29(37)30-10-2-6-14-38(30)47/h1-24H. The molecule has 0 saturated carbocycles. The first-order valence-corrected chi connectivity index (χ1v) is 16.1. The Morgan fingerprint density at radius 1 is 0.429 bits per heavy atom. The fourth-order valence-corrected chi connectivity index (χ4v) is 7.69. The Kier molecular flexibility index (Phi) is 5.64. The molecule has 0 unspecified atom stereocenters. The van der Waals surface area contributed by atoms with E-state index in [1.807, 2.05) is 66.7 Å². The summed E-state index contributed by atoms with van der Waals surface area (Å²) in [6.45, 7) is 0. The number of nitrogens with zero attached hydrogens (tertiary/aromatic N) is 4. The molecular formula is C44H24N4O. The van der Waals surface area contributed by atoms with Crippen LogP contribution in [0.2, 0.25) is 0 Å². The summed E-state index contributed by atoms with van der Waals surface area (Å²) in [6.07, 6.45) is 0. The van der Waals surface area contributed by atoms with Gasteiger partial charge in [0.1, 0.15) is 5.58 Å². The topological polar surface area (TPSA) is 70.6 Å². The van der Waals surface area contributed by atoms with E-state index in [0.29, 0.717) is 11.1 Å². The van der Waals surface area contributed by atoms with Crippen molar-refractivity contribution in [3.05, 3.63) is 157 Å². The van der Waals surface area contributed by atoms with Crippen molar-refractivity contribution in [2.75, 3.05) is 0 Å². The molecule has 0 spiro atoms. The number of hydrogen-bond acceptors (Lipinski definition) is 3. The van der Waals surface area contributed by atoms with Gasteiger partial charge in [-0.2, -0.15) is 10.5 Å². The molecule has 0 bridgehead atoms. The van der Waals surface area contributed by atoms with Gasteiger partial charge >= 0.3 is 0 Å². The van der Waals surface area contributed by atoms with Crippen molar-refractivity contribution in [1.29, 1.82) is 10.5 Å². The van der Waals surface area contributed by atoms with Crippen LogP contribution in [0.15, 0.2) is 150 Å². The number of fused-ring (bicyclic) bond motifs is 10. The highest BCUT2D eigenvalue weighted by Gasteiger charge is 2.23. The first-order valence-electron chi connectivity index (χ1n) is 16.1. The van der Waals surface area contributed by atoms with E-state index in [9.17, 15) is 10.5 Å². The molecule has 10 aromatic rings. The van der Waals surface area contributed by atoms with Crippen LogP contribution in [0.3, 0.4) is 0 Å². The van der Waals surface area contributed by atoms with Crippen molar-refractivity contribution in [2.45, 2.75) is 0 Å². The van der Waals surface area contributed by atoms with Crippen LogP contribution in [-0.2, 0) is 0 Å². The van der Waals surface area contributed by atoms with Crippen LogP contribution in [0, 0.1) is 22.7 Å². The molecule has 0 N–H and O–H groups in total. The monoisotopic (exact) mass is 624 g/mol. The normalized spacial score (nSPS) is 11.6. The van der Waals surface area contributed by atoms with Gasteiger partial charge in [-0.05, 0) is 60.7 Å². The maximum absolute atomic E-state index is 10.2. The molecule has 226 valence electrons. The highest BCUT2D eigenvalue weighted by atomic mass is 16.3. The Balaban J connectivity index is 1.37. The minimum Gasteiger partial charge on any atom is -0.454 e. The fraction of sp³-hybridized carbons (Fsp3) is 0. The van der Waals surface area contributed by atoms with E-state index >= 15 is 0 Å². The molecule has 5 nitrogen and oxygen atoms in total. The molecule has 0 amide bonds.